The molecular formula is C18H26Cl2N2O4. The number of carbonyl (C=O) groups excluding carboxylic acids is 2. The number of amides is 2. The molecule has 0 heterocycles. The number of benzene rings is 1. The summed E-state index contributed by atoms with van der Waals surface area (Å²) in [4.78, 5) is 24.7. The van der Waals surface area contributed by atoms with Gasteiger partial charge in [-0.15, -0.1) is 23.2 Å². The van der Waals surface area contributed by atoms with E-state index in [-0.39, 0.29) is 46.8 Å². The summed E-state index contributed by atoms with van der Waals surface area (Å²) >= 11 is 11.7. The van der Waals surface area contributed by atoms with Crippen molar-refractivity contribution < 1.29 is 19.8 Å². The smallest absolute Gasteiger partial charge is 0.255 e. The van der Waals surface area contributed by atoms with Crippen LogP contribution in [0.2, 0.25) is 0 Å². The highest BCUT2D eigenvalue weighted by Gasteiger charge is 2.23. The minimum absolute atomic E-state index is 0.0979. The summed E-state index contributed by atoms with van der Waals surface area (Å²) in [6, 6.07) is 1.56. The minimum Gasteiger partial charge on any atom is -0.507 e. The lowest BCUT2D eigenvalue weighted by molar-refractivity contribution is 0.0914. The predicted molar refractivity (Wildman–Crippen MR) is 103 cm³/mol. The zero-order valence-corrected chi connectivity index (χ0v) is 16.9. The van der Waals surface area contributed by atoms with E-state index < -0.39 is 23.3 Å². The molecule has 1 aromatic rings. The van der Waals surface area contributed by atoms with Crippen LogP contribution in [0.3, 0.4) is 0 Å². The van der Waals surface area contributed by atoms with E-state index >= 15 is 0 Å². The van der Waals surface area contributed by atoms with Crippen LogP contribution in [-0.2, 0) is 0 Å². The van der Waals surface area contributed by atoms with Crippen LogP contribution in [0.15, 0.2) is 12.1 Å². The van der Waals surface area contributed by atoms with Crippen LogP contribution in [-0.4, -0.2) is 45.9 Å². The fourth-order valence-corrected chi connectivity index (χ4v) is 3.07. The monoisotopic (exact) mass is 404 g/mol. The zero-order chi connectivity index (χ0) is 20.0. The first-order valence-electron chi connectivity index (χ1n) is 8.41. The molecule has 0 bridgehead atoms. The van der Waals surface area contributed by atoms with Crippen molar-refractivity contribution in [2.24, 2.45) is 11.8 Å². The Balaban J connectivity index is 3.04. The molecule has 0 aromatic heterocycles. The van der Waals surface area contributed by atoms with Crippen LogP contribution in [0, 0.1) is 11.8 Å². The average Bonchev–Trinajstić information content (AvgIpc) is 2.57. The Hall–Kier alpha value is -1.66. The second-order valence-corrected chi connectivity index (χ2v) is 7.46. The Morgan fingerprint density at radius 3 is 1.38 bits per heavy atom. The van der Waals surface area contributed by atoms with Crippen molar-refractivity contribution in [1.82, 2.24) is 10.6 Å². The molecule has 146 valence electrons. The maximum absolute atomic E-state index is 12.3. The zero-order valence-electron chi connectivity index (χ0n) is 15.3. The number of phenolic OH excluding ortho intramolecular Hbond substituents is 2. The van der Waals surface area contributed by atoms with Crippen molar-refractivity contribution >= 4 is 35.0 Å². The van der Waals surface area contributed by atoms with Crippen LogP contribution in [0.1, 0.15) is 48.4 Å². The number of rotatable bonds is 8. The first-order valence-corrected chi connectivity index (χ1v) is 9.48. The summed E-state index contributed by atoms with van der Waals surface area (Å²) < 4.78 is 0. The Bertz CT molecular complexity index is 595. The molecule has 0 spiro atoms. The molecule has 0 unspecified atom stereocenters. The summed E-state index contributed by atoms with van der Waals surface area (Å²) in [5.41, 5.74) is -0.264. The molecule has 0 aliphatic rings. The molecule has 8 heteroatoms. The average molecular weight is 405 g/mol. The van der Waals surface area contributed by atoms with E-state index in [9.17, 15) is 19.8 Å². The lowest BCUT2D eigenvalue weighted by Gasteiger charge is -2.21. The summed E-state index contributed by atoms with van der Waals surface area (Å²) in [5, 5.41) is 25.7. The summed E-state index contributed by atoms with van der Waals surface area (Å²) in [5.74, 6) is -1.35. The third-order valence-electron chi connectivity index (χ3n) is 4.18. The van der Waals surface area contributed by atoms with Gasteiger partial charge in [0.05, 0.1) is 11.1 Å². The number of aromatic hydroxyl groups is 2. The highest BCUT2D eigenvalue weighted by atomic mass is 35.5. The molecule has 0 saturated carbocycles. The number of hydrogen-bond donors (Lipinski definition) is 4. The Morgan fingerprint density at radius 1 is 0.846 bits per heavy atom. The molecule has 4 N–H and O–H groups in total. The molecule has 2 amide bonds. The second-order valence-electron chi connectivity index (χ2n) is 6.84. The molecule has 0 aliphatic carbocycles. The number of halogens is 2. The molecule has 0 saturated heterocycles. The third-order valence-corrected chi connectivity index (χ3v) is 4.84. The van der Waals surface area contributed by atoms with Gasteiger partial charge >= 0.3 is 0 Å². The molecular weight excluding hydrogens is 379 g/mol. The van der Waals surface area contributed by atoms with Gasteiger partial charge in [-0.2, -0.15) is 0 Å². The van der Waals surface area contributed by atoms with Gasteiger partial charge in [0.1, 0.15) is 11.5 Å². The lowest BCUT2D eigenvalue weighted by atomic mass is 10.0. The molecule has 26 heavy (non-hydrogen) atoms. The fraction of sp³-hybridized carbons (Fsp3) is 0.556. The van der Waals surface area contributed by atoms with Gasteiger partial charge in [0.25, 0.3) is 11.8 Å². The lowest BCUT2D eigenvalue weighted by Crippen LogP contribution is -2.40. The molecule has 0 fully saturated rings. The molecule has 6 nitrogen and oxygen atoms in total. The largest absolute Gasteiger partial charge is 0.507 e. The van der Waals surface area contributed by atoms with Crippen molar-refractivity contribution in [3.8, 4) is 11.5 Å². The predicted octanol–water partition coefficient (Wildman–Crippen LogP) is 3.08. The third kappa shape index (κ3) is 5.68. The van der Waals surface area contributed by atoms with Crippen LogP contribution in [0.4, 0.5) is 0 Å². The highest BCUT2D eigenvalue weighted by Crippen LogP contribution is 2.28. The Kier molecular flexibility index (Phi) is 8.50. The van der Waals surface area contributed by atoms with Gasteiger partial charge in [0, 0.05) is 23.8 Å². The van der Waals surface area contributed by atoms with Crippen LogP contribution >= 0.6 is 23.2 Å². The quantitative estimate of drug-likeness (QED) is 0.395. The van der Waals surface area contributed by atoms with Crippen molar-refractivity contribution in [1.29, 1.82) is 0 Å². The maximum atomic E-state index is 12.3. The summed E-state index contributed by atoms with van der Waals surface area (Å²) in [7, 11) is 0. The van der Waals surface area contributed by atoms with E-state index in [1.54, 1.807) is 0 Å². The maximum Gasteiger partial charge on any atom is 0.255 e. The van der Waals surface area contributed by atoms with Gasteiger partial charge in [0.15, 0.2) is 0 Å². The molecule has 0 aliphatic heterocycles. The first kappa shape index (κ1) is 22.4. The number of alkyl halides is 2. The molecule has 2 atom stereocenters. The van der Waals surface area contributed by atoms with Crippen molar-refractivity contribution in [3.05, 3.63) is 23.3 Å². The summed E-state index contributed by atoms with van der Waals surface area (Å²) in [6.45, 7) is 7.61. The van der Waals surface area contributed by atoms with E-state index in [2.05, 4.69) is 10.6 Å². The topological polar surface area (TPSA) is 98.7 Å². The SMILES string of the molecule is CC(C)[C@@H](CCl)NC(=O)c1cc(O)c(C(=O)N[C@H](CCl)C(C)C)cc1O. The van der Waals surface area contributed by atoms with Crippen molar-refractivity contribution in [3.63, 3.8) is 0 Å². The molecule has 1 rings (SSSR count). The van der Waals surface area contributed by atoms with Crippen LogP contribution in [0.25, 0.3) is 0 Å². The number of phenols is 2. The van der Waals surface area contributed by atoms with Crippen LogP contribution in [0.5, 0.6) is 11.5 Å². The van der Waals surface area contributed by atoms with Gasteiger partial charge in [-0.05, 0) is 24.0 Å². The Morgan fingerprint density at radius 2 is 1.15 bits per heavy atom. The van der Waals surface area contributed by atoms with Crippen molar-refractivity contribution in [2.45, 2.75) is 39.8 Å². The first-order chi connectivity index (χ1) is 12.1. The van der Waals surface area contributed by atoms with Gasteiger partial charge < -0.3 is 20.8 Å². The number of carbonyl (C=O) groups is 2. The van der Waals surface area contributed by atoms with E-state index in [4.69, 9.17) is 23.2 Å². The highest BCUT2D eigenvalue weighted by molar-refractivity contribution is 6.18. The van der Waals surface area contributed by atoms with Crippen LogP contribution < -0.4 is 10.6 Å². The van der Waals surface area contributed by atoms with E-state index in [1.807, 2.05) is 27.7 Å². The van der Waals surface area contributed by atoms with Gasteiger partial charge in [-0.3, -0.25) is 9.59 Å². The number of nitrogens with one attached hydrogen (secondary N) is 2. The van der Waals surface area contributed by atoms with Gasteiger partial charge in [0.2, 0.25) is 0 Å². The van der Waals surface area contributed by atoms with E-state index in [0.29, 0.717) is 0 Å². The second kappa shape index (κ2) is 9.88. The minimum atomic E-state index is -0.579. The van der Waals surface area contributed by atoms with E-state index in [0.717, 1.165) is 12.1 Å². The molecule has 0 radical (unpaired) electrons. The molecule has 1 aromatic carbocycles. The van der Waals surface area contributed by atoms with Crippen molar-refractivity contribution in [2.75, 3.05) is 11.8 Å². The standard InChI is InChI=1S/C18H26Cl2N2O4/c1-9(2)13(7-19)21-17(25)11-5-16(24)12(6-15(11)23)18(26)22-14(8-20)10(3)4/h5-6,9-10,13-14,23-24H,7-8H2,1-4H3,(H,21,25)(H,22,26)/t13-,14-/m1/s1. The normalized spacial score (nSPS) is 13.5. The van der Waals surface area contributed by atoms with Gasteiger partial charge in [-0.1, -0.05) is 27.7 Å². The fourth-order valence-electron chi connectivity index (χ4n) is 2.20. The number of hydrogen-bond acceptors (Lipinski definition) is 4. The Labute approximate surface area is 163 Å². The van der Waals surface area contributed by atoms with Gasteiger partial charge in [-0.25, -0.2) is 0 Å². The summed E-state index contributed by atoms with van der Waals surface area (Å²) in [6.07, 6.45) is 0. The van der Waals surface area contributed by atoms with E-state index in [1.165, 1.54) is 0 Å².